The summed E-state index contributed by atoms with van der Waals surface area (Å²) in [5.41, 5.74) is 0. The van der Waals surface area contributed by atoms with E-state index in [0.717, 1.165) is 64.2 Å². The van der Waals surface area contributed by atoms with Gasteiger partial charge in [0.15, 0.2) is 0 Å². The first-order valence-electron chi connectivity index (χ1n) is 24.0. The number of carbonyl (C=O) groups is 2. The molecule has 0 radical (unpaired) electrons. The number of nitrogens with one attached hydrogen (secondary N) is 1. The zero-order valence-corrected chi connectivity index (χ0v) is 37.5. The molecule has 0 aromatic heterocycles. The highest BCUT2D eigenvalue weighted by Crippen LogP contribution is 2.17. The van der Waals surface area contributed by atoms with Gasteiger partial charge in [-0.25, -0.2) is 0 Å². The summed E-state index contributed by atoms with van der Waals surface area (Å²) in [5.74, 6) is -0.592. The topological polar surface area (TPSA) is 95.9 Å². The third kappa shape index (κ3) is 40.1. The summed E-state index contributed by atoms with van der Waals surface area (Å²) in [6.45, 7) is 6.31. The number of carbonyl (C=O) groups excluding carboxylic acids is 2. The average Bonchev–Trinajstić information content (AvgIpc) is 3.20. The maximum Gasteiger partial charge on any atom is 0.306 e. The first kappa shape index (κ1) is 54.6. The molecule has 0 spiro atoms. The van der Waals surface area contributed by atoms with Crippen LogP contribution in [0.15, 0.2) is 60.8 Å². The molecule has 0 heterocycles. The number of hydrogen-bond acceptors (Lipinski definition) is 5. The molecule has 0 aliphatic rings. The Morgan fingerprint density at radius 3 is 1.58 bits per heavy atom. The fourth-order valence-corrected chi connectivity index (χ4v) is 7.01. The SMILES string of the molecule is CC/C=C/C=C/C=C\CCCCCC(CC(=O)NC(CO)C(O)CCCCCCCCCCCCCCCC)OC(=O)CC/C=C/C/C=C\CCCCCCCC. The maximum absolute atomic E-state index is 13.1. The first-order valence-corrected chi connectivity index (χ1v) is 24.0. The molecule has 0 aliphatic carbocycles. The molecule has 0 aromatic carbocycles. The van der Waals surface area contributed by atoms with Crippen molar-refractivity contribution in [3.63, 3.8) is 0 Å². The number of hydrogen-bond donors (Lipinski definition) is 3. The van der Waals surface area contributed by atoms with E-state index in [1.54, 1.807) is 0 Å². The Morgan fingerprint density at radius 2 is 1.02 bits per heavy atom. The van der Waals surface area contributed by atoms with Gasteiger partial charge in [0.25, 0.3) is 0 Å². The Bertz CT molecular complexity index is 1030. The first-order chi connectivity index (χ1) is 28.0. The number of aliphatic hydroxyl groups excluding tert-OH is 2. The summed E-state index contributed by atoms with van der Waals surface area (Å²) in [6.07, 6.45) is 54.4. The summed E-state index contributed by atoms with van der Waals surface area (Å²) in [4.78, 5) is 26.0. The zero-order valence-electron chi connectivity index (χ0n) is 37.5. The van der Waals surface area contributed by atoms with Gasteiger partial charge in [-0.15, -0.1) is 0 Å². The Morgan fingerprint density at radius 1 is 0.544 bits per heavy atom. The molecular weight excluding hydrogens is 707 g/mol. The number of aliphatic hydroxyl groups is 2. The Balaban J connectivity index is 4.65. The highest BCUT2D eigenvalue weighted by molar-refractivity contribution is 5.77. The molecule has 1 amide bonds. The van der Waals surface area contributed by atoms with Gasteiger partial charge in [0.05, 0.1) is 25.2 Å². The second kappa shape index (κ2) is 44.7. The number of allylic oxidation sites excluding steroid dienone is 10. The predicted octanol–water partition coefficient (Wildman–Crippen LogP) is 14.1. The molecule has 0 saturated heterocycles. The van der Waals surface area contributed by atoms with Crippen LogP contribution in [0.5, 0.6) is 0 Å². The third-order valence-corrected chi connectivity index (χ3v) is 10.7. The summed E-state index contributed by atoms with van der Waals surface area (Å²) in [5, 5.41) is 23.7. The smallest absolute Gasteiger partial charge is 0.306 e. The minimum Gasteiger partial charge on any atom is -0.462 e. The van der Waals surface area contributed by atoms with Crippen LogP contribution >= 0.6 is 0 Å². The van der Waals surface area contributed by atoms with Crippen molar-refractivity contribution in [2.45, 2.75) is 244 Å². The van der Waals surface area contributed by atoms with Gasteiger partial charge in [0.1, 0.15) is 6.10 Å². The van der Waals surface area contributed by atoms with E-state index in [-0.39, 0.29) is 31.3 Å². The van der Waals surface area contributed by atoms with Crippen molar-refractivity contribution in [1.82, 2.24) is 5.32 Å². The van der Waals surface area contributed by atoms with E-state index in [0.29, 0.717) is 19.3 Å². The highest BCUT2D eigenvalue weighted by atomic mass is 16.5. The Kier molecular flexibility index (Phi) is 42.7. The van der Waals surface area contributed by atoms with Crippen molar-refractivity contribution in [3.8, 4) is 0 Å². The monoisotopic (exact) mass is 798 g/mol. The van der Waals surface area contributed by atoms with E-state index in [2.05, 4.69) is 68.6 Å². The number of unbranched alkanes of at least 4 members (excludes halogenated alkanes) is 22. The van der Waals surface area contributed by atoms with Crippen molar-refractivity contribution >= 4 is 11.9 Å². The second-order valence-corrected chi connectivity index (χ2v) is 16.2. The number of amides is 1. The Hall–Kier alpha value is -2.44. The molecular formula is C51H91NO5. The van der Waals surface area contributed by atoms with Crippen LogP contribution in [0, 0.1) is 0 Å². The molecule has 6 nitrogen and oxygen atoms in total. The van der Waals surface area contributed by atoms with Crippen LogP contribution in [0.2, 0.25) is 0 Å². The van der Waals surface area contributed by atoms with Crippen LogP contribution in [0.1, 0.15) is 226 Å². The molecule has 0 saturated carbocycles. The van der Waals surface area contributed by atoms with Crippen LogP contribution in [-0.2, 0) is 14.3 Å². The molecule has 0 fully saturated rings. The molecule has 57 heavy (non-hydrogen) atoms. The van der Waals surface area contributed by atoms with Gasteiger partial charge in [-0.1, -0.05) is 210 Å². The van der Waals surface area contributed by atoms with Crippen molar-refractivity contribution in [3.05, 3.63) is 60.8 Å². The number of ether oxygens (including phenoxy) is 1. The number of esters is 1. The van der Waals surface area contributed by atoms with Crippen molar-refractivity contribution in [1.29, 1.82) is 0 Å². The molecule has 0 rings (SSSR count). The minimum atomic E-state index is -0.806. The lowest BCUT2D eigenvalue weighted by Gasteiger charge is -2.24. The van der Waals surface area contributed by atoms with Crippen molar-refractivity contribution in [2.24, 2.45) is 0 Å². The maximum atomic E-state index is 13.1. The van der Waals surface area contributed by atoms with E-state index < -0.39 is 18.2 Å². The van der Waals surface area contributed by atoms with Gasteiger partial charge in [-0.2, -0.15) is 0 Å². The van der Waals surface area contributed by atoms with Gasteiger partial charge in [-0.05, 0) is 64.2 Å². The van der Waals surface area contributed by atoms with Crippen LogP contribution in [0.4, 0.5) is 0 Å². The second-order valence-electron chi connectivity index (χ2n) is 16.2. The van der Waals surface area contributed by atoms with Gasteiger partial charge in [0.2, 0.25) is 5.91 Å². The fourth-order valence-electron chi connectivity index (χ4n) is 7.01. The van der Waals surface area contributed by atoms with Crippen LogP contribution in [-0.4, -0.2) is 46.9 Å². The highest BCUT2D eigenvalue weighted by Gasteiger charge is 2.24. The minimum absolute atomic E-state index is 0.0308. The Labute approximate surface area is 352 Å². The van der Waals surface area contributed by atoms with Crippen molar-refractivity contribution in [2.75, 3.05) is 6.61 Å². The lowest BCUT2D eigenvalue weighted by Crippen LogP contribution is -2.46. The molecule has 330 valence electrons. The summed E-state index contributed by atoms with van der Waals surface area (Å²) < 4.78 is 5.85. The summed E-state index contributed by atoms with van der Waals surface area (Å²) in [7, 11) is 0. The van der Waals surface area contributed by atoms with Crippen LogP contribution in [0.25, 0.3) is 0 Å². The molecule has 0 aliphatic heterocycles. The number of rotatable bonds is 42. The summed E-state index contributed by atoms with van der Waals surface area (Å²) in [6, 6.07) is -0.723. The largest absolute Gasteiger partial charge is 0.462 e. The standard InChI is InChI=1S/C51H91NO5/c1-4-7-10-13-16-19-22-24-26-28-31-34-37-40-43-49(54)48(46-53)52-50(55)45-47(42-39-36-33-30-27-21-18-15-12-9-6-3)57-51(56)44-41-38-35-32-29-25-23-20-17-14-11-8-5-2/h9,12,15,18,21,25,27,29,35,38,47-49,53-54H,4-8,10-11,13-14,16-17,19-20,22-24,26,28,30-34,36-37,39-46H2,1-3H3,(H,52,55)/b12-9+,18-15+,27-21-,29-25-,38-35+. The normalized spacial score (nSPS) is 13.8. The van der Waals surface area contributed by atoms with Gasteiger partial charge in [0, 0.05) is 6.42 Å². The van der Waals surface area contributed by atoms with E-state index in [1.165, 1.54) is 109 Å². The molecule has 0 bridgehead atoms. The quantitative estimate of drug-likeness (QED) is 0.0247. The van der Waals surface area contributed by atoms with Crippen LogP contribution in [0.3, 0.4) is 0 Å². The fraction of sp³-hybridized carbons (Fsp3) is 0.765. The van der Waals surface area contributed by atoms with Gasteiger partial charge >= 0.3 is 5.97 Å². The molecule has 3 unspecified atom stereocenters. The predicted molar refractivity (Wildman–Crippen MR) is 245 cm³/mol. The van der Waals surface area contributed by atoms with Gasteiger partial charge < -0.3 is 20.3 Å². The lowest BCUT2D eigenvalue weighted by molar-refractivity contribution is -0.150. The van der Waals surface area contributed by atoms with Gasteiger partial charge in [-0.3, -0.25) is 9.59 Å². The summed E-state index contributed by atoms with van der Waals surface area (Å²) >= 11 is 0. The molecule has 3 N–H and O–H groups in total. The van der Waals surface area contributed by atoms with E-state index in [9.17, 15) is 19.8 Å². The zero-order chi connectivity index (χ0) is 41.7. The van der Waals surface area contributed by atoms with E-state index >= 15 is 0 Å². The molecule has 0 aromatic rings. The molecule has 6 heteroatoms. The van der Waals surface area contributed by atoms with E-state index in [4.69, 9.17) is 4.74 Å². The van der Waals surface area contributed by atoms with Crippen molar-refractivity contribution < 1.29 is 24.5 Å². The van der Waals surface area contributed by atoms with Crippen LogP contribution < -0.4 is 5.32 Å². The molecule has 3 atom stereocenters. The van der Waals surface area contributed by atoms with E-state index in [1.807, 2.05) is 18.2 Å². The third-order valence-electron chi connectivity index (χ3n) is 10.7. The average molecular weight is 798 g/mol. The lowest BCUT2D eigenvalue weighted by atomic mass is 10.0.